The molecule has 0 bridgehead atoms. The fourth-order valence-electron chi connectivity index (χ4n) is 2.09. The van der Waals surface area contributed by atoms with E-state index >= 15 is 0 Å². The number of hydrogen-bond acceptors (Lipinski definition) is 2. The van der Waals surface area contributed by atoms with E-state index in [-0.39, 0.29) is 5.78 Å². The quantitative estimate of drug-likeness (QED) is 0.640. The smallest absolute Gasteiger partial charge is 0.228 e. The Hall–Kier alpha value is -1.87. The zero-order valence-corrected chi connectivity index (χ0v) is 11.9. The molecule has 2 nitrogen and oxygen atoms in total. The van der Waals surface area contributed by atoms with E-state index in [0.717, 1.165) is 21.0 Å². The minimum absolute atomic E-state index is 0.100. The highest BCUT2D eigenvalue weighted by Crippen LogP contribution is 2.24. The number of rotatable bonds is 2. The molecule has 1 heterocycles. The third-order valence-corrected chi connectivity index (χ3v) is 3.54. The van der Waals surface area contributed by atoms with Gasteiger partial charge in [0.15, 0.2) is 5.76 Å². The Labute approximate surface area is 119 Å². The molecule has 3 rings (SSSR count). The Bertz CT molecular complexity index is 771. The molecule has 2 aromatic carbocycles. The molecule has 1 aromatic heterocycles. The van der Waals surface area contributed by atoms with Crippen molar-refractivity contribution in [3.8, 4) is 0 Å². The van der Waals surface area contributed by atoms with Gasteiger partial charge in [0.05, 0.1) is 0 Å². The highest BCUT2D eigenvalue weighted by atomic mass is 79.9. The van der Waals surface area contributed by atoms with Gasteiger partial charge in [0, 0.05) is 15.4 Å². The maximum Gasteiger partial charge on any atom is 0.228 e. The Morgan fingerprint density at radius 3 is 2.63 bits per heavy atom. The third kappa shape index (κ3) is 2.22. The molecule has 3 aromatic rings. The van der Waals surface area contributed by atoms with Crippen LogP contribution in [0.1, 0.15) is 21.7 Å². The molecular formula is C16H11BrO2. The number of furan rings is 1. The second-order valence-electron chi connectivity index (χ2n) is 4.44. The van der Waals surface area contributed by atoms with Crippen LogP contribution in [0.15, 0.2) is 57.4 Å². The first-order chi connectivity index (χ1) is 9.15. The molecule has 0 aliphatic heterocycles. The van der Waals surface area contributed by atoms with Crippen LogP contribution in [0, 0.1) is 6.92 Å². The predicted molar refractivity (Wildman–Crippen MR) is 78.5 cm³/mol. The summed E-state index contributed by atoms with van der Waals surface area (Å²) in [5, 5.41) is 0.957. The molecule has 0 radical (unpaired) electrons. The van der Waals surface area contributed by atoms with Crippen molar-refractivity contribution in [1.29, 1.82) is 0 Å². The minimum atomic E-state index is -0.100. The lowest BCUT2D eigenvalue weighted by molar-refractivity contribution is 0.101. The normalized spacial score (nSPS) is 10.8. The molecule has 0 saturated heterocycles. The van der Waals surface area contributed by atoms with Crippen LogP contribution in [0.2, 0.25) is 0 Å². The molecule has 0 fully saturated rings. The Balaban J connectivity index is 2.09. The summed E-state index contributed by atoms with van der Waals surface area (Å²) in [4.78, 5) is 12.4. The highest BCUT2D eigenvalue weighted by Gasteiger charge is 2.15. The van der Waals surface area contributed by atoms with E-state index in [1.165, 1.54) is 0 Å². The SMILES string of the molecule is Cc1cccc2cc(C(=O)c3cccc(Br)c3)oc12. The van der Waals surface area contributed by atoms with Gasteiger partial charge in [-0.3, -0.25) is 4.79 Å². The van der Waals surface area contributed by atoms with Gasteiger partial charge in [0.2, 0.25) is 5.78 Å². The molecule has 0 atom stereocenters. The van der Waals surface area contributed by atoms with Gasteiger partial charge >= 0.3 is 0 Å². The van der Waals surface area contributed by atoms with E-state index in [0.29, 0.717) is 11.3 Å². The zero-order chi connectivity index (χ0) is 13.4. The largest absolute Gasteiger partial charge is 0.452 e. The van der Waals surface area contributed by atoms with Crippen LogP contribution in [0.5, 0.6) is 0 Å². The van der Waals surface area contributed by atoms with Crippen molar-refractivity contribution in [3.63, 3.8) is 0 Å². The number of fused-ring (bicyclic) bond motifs is 1. The Morgan fingerprint density at radius 2 is 1.89 bits per heavy atom. The van der Waals surface area contributed by atoms with E-state index in [1.54, 1.807) is 18.2 Å². The van der Waals surface area contributed by atoms with Crippen molar-refractivity contribution >= 4 is 32.7 Å². The van der Waals surface area contributed by atoms with Gasteiger partial charge in [-0.05, 0) is 30.7 Å². The van der Waals surface area contributed by atoms with Crippen LogP contribution in [0.4, 0.5) is 0 Å². The van der Waals surface area contributed by atoms with Gasteiger partial charge in [0.1, 0.15) is 5.58 Å². The summed E-state index contributed by atoms with van der Waals surface area (Å²) < 4.78 is 6.57. The topological polar surface area (TPSA) is 30.2 Å². The van der Waals surface area contributed by atoms with E-state index in [2.05, 4.69) is 15.9 Å². The Morgan fingerprint density at radius 1 is 1.11 bits per heavy atom. The number of ketones is 1. The number of para-hydroxylation sites is 1. The van der Waals surface area contributed by atoms with Gasteiger partial charge in [-0.1, -0.05) is 46.3 Å². The van der Waals surface area contributed by atoms with Crippen LogP contribution in [0.3, 0.4) is 0 Å². The van der Waals surface area contributed by atoms with Gasteiger partial charge < -0.3 is 4.42 Å². The van der Waals surface area contributed by atoms with Crippen molar-refractivity contribution in [2.75, 3.05) is 0 Å². The van der Waals surface area contributed by atoms with Crippen LogP contribution >= 0.6 is 15.9 Å². The zero-order valence-electron chi connectivity index (χ0n) is 10.3. The lowest BCUT2D eigenvalue weighted by atomic mass is 10.1. The lowest BCUT2D eigenvalue weighted by Gasteiger charge is -1.98. The van der Waals surface area contributed by atoms with E-state index < -0.39 is 0 Å². The first-order valence-corrected chi connectivity index (χ1v) is 6.74. The van der Waals surface area contributed by atoms with Crippen LogP contribution < -0.4 is 0 Å². The lowest BCUT2D eigenvalue weighted by Crippen LogP contribution is -1.98. The fraction of sp³-hybridized carbons (Fsp3) is 0.0625. The number of hydrogen-bond donors (Lipinski definition) is 0. The number of benzene rings is 2. The van der Waals surface area contributed by atoms with Gasteiger partial charge in [-0.15, -0.1) is 0 Å². The molecule has 0 N–H and O–H groups in total. The van der Waals surface area contributed by atoms with Crippen LogP contribution in [-0.4, -0.2) is 5.78 Å². The van der Waals surface area contributed by atoms with Crippen molar-refractivity contribution in [2.45, 2.75) is 6.92 Å². The van der Waals surface area contributed by atoms with Gasteiger partial charge in [-0.2, -0.15) is 0 Å². The number of carbonyl (C=O) groups excluding carboxylic acids is 1. The van der Waals surface area contributed by atoms with Gasteiger partial charge in [0.25, 0.3) is 0 Å². The number of aryl methyl sites for hydroxylation is 1. The predicted octanol–water partition coefficient (Wildman–Crippen LogP) is 4.73. The summed E-state index contributed by atoms with van der Waals surface area (Å²) in [6, 6.07) is 15.0. The van der Waals surface area contributed by atoms with Crippen LogP contribution in [-0.2, 0) is 0 Å². The first-order valence-electron chi connectivity index (χ1n) is 5.94. The van der Waals surface area contributed by atoms with E-state index in [4.69, 9.17) is 4.42 Å². The number of carbonyl (C=O) groups is 1. The maximum absolute atomic E-state index is 12.4. The molecule has 0 aliphatic carbocycles. The minimum Gasteiger partial charge on any atom is -0.452 e. The molecule has 0 unspecified atom stereocenters. The van der Waals surface area contributed by atoms with Crippen molar-refractivity contribution in [1.82, 2.24) is 0 Å². The average Bonchev–Trinajstić information content (AvgIpc) is 2.83. The summed E-state index contributed by atoms with van der Waals surface area (Å²) in [5.74, 6) is 0.277. The summed E-state index contributed by atoms with van der Waals surface area (Å²) >= 11 is 3.37. The molecule has 0 aliphatic rings. The third-order valence-electron chi connectivity index (χ3n) is 3.05. The summed E-state index contributed by atoms with van der Waals surface area (Å²) in [5.41, 5.74) is 2.43. The molecular weight excluding hydrogens is 304 g/mol. The molecule has 0 spiro atoms. The highest BCUT2D eigenvalue weighted by molar-refractivity contribution is 9.10. The summed E-state index contributed by atoms with van der Waals surface area (Å²) in [6.07, 6.45) is 0. The summed E-state index contributed by atoms with van der Waals surface area (Å²) in [7, 11) is 0. The summed E-state index contributed by atoms with van der Waals surface area (Å²) in [6.45, 7) is 1.97. The number of halogens is 1. The van der Waals surface area contributed by atoms with Crippen molar-refractivity contribution in [3.05, 3.63) is 69.9 Å². The second-order valence-corrected chi connectivity index (χ2v) is 5.36. The van der Waals surface area contributed by atoms with Crippen LogP contribution in [0.25, 0.3) is 11.0 Å². The average molecular weight is 315 g/mol. The molecule has 3 heteroatoms. The molecule has 0 saturated carbocycles. The van der Waals surface area contributed by atoms with Gasteiger partial charge in [-0.25, -0.2) is 0 Å². The monoisotopic (exact) mass is 314 g/mol. The maximum atomic E-state index is 12.4. The molecule has 0 amide bonds. The van der Waals surface area contributed by atoms with Crippen molar-refractivity contribution in [2.24, 2.45) is 0 Å². The fourth-order valence-corrected chi connectivity index (χ4v) is 2.49. The Kier molecular flexibility index (Phi) is 2.99. The molecule has 19 heavy (non-hydrogen) atoms. The standard InChI is InChI=1S/C16H11BrO2/c1-10-4-2-6-12-9-14(19-16(10)12)15(18)11-5-3-7-13(17)8-11/h2-9H,1H3. The first kappa shape index (κ1) is 12.2. The second kappa shape index (κ2) is 4.67. The van der Waals surface area contributed by atoms with E-state index in [9.17, 15) is 4.79 Å². The molecule has 94 valence electrons. The van der Waals surface area contributed by atoms with Crippen molar-refractivity contribution < 1.29 is 9.21 Å². The van der Waals surface area contributed by atoms with E-state index in [1.807, 2.05) is 37.3 Å².